The van der Waals surface area contributed by atoms with Gasteiger partial charge in [-0.1, -0.05) is 23.7 Å². The first kappa shape index (κ1) is 8.72. The van der Waals surface area contributed by atoms with Crippen LogP contribution in [0.2, 0.25) is 5.02 Å². The summed E-state index contributed by atoms with van der Waals surface area (Å²) in [7, 11) is 0. The molecule has 0 aromatic heterocycles. The van der Waals surface area contributed by atoms with E-state index in [1.807, 2.05) is 12.1 Å². The monoisotopic (exact) mass is 179 g/mol. The van der Waals surface area contributed by atoms with Crippen LogP contribution in [0.25, 0.3) is 6.08 Å². The number of nitrogens with zero attached hydrogens (tertiary/aromatic N) is 1. The summed E-state index contributed by atoms with van der Waals surface area (Å²) in [4.78, 5) is 13.0. The van der Waals surface area contributed by atoms with Gasteiger partial charge < -0.3 is 0 Å². The van der Waals surface area contributed by atoms with Crippen LogP contribution in [0, 0.1) is 0 Å². The fourth-order valence-electron chi connectivity index (χ4n) is 0.764. The molecule has 0 aliphatic heterocycles. The van der Waals surface area contributed by atoms with Gasteiger partial charge in [-0.2, -0.15) is 4.99 Å². The molecule has 2 nitrogen and oxygen atoms in total. The van der Waals surface area contributed by atoms with Crippen LogP contribution in [0.1, 0.15) is 5.56 Å². The minimum atomic E-state index is 0.659. The first-order valence-corrected chi connectivity index (χ1v) is 3.70. The molecule has 0 amide bonds. The van der Waals surface area contributed by atoms with Crippen molar-refractivity contribution in [2.75, 3.05) is 0 Å². The molecule has 1 aromatic rings. The molecule has 12 heavy (non-hydrogen) atoms. The molecule has 0 unspecified atom stereocenters. The summed E-state index contributed by atoms with van der Waals surface area (Å²) >= 11 is 5.72. The third-order valence-corrected chi connectivity index (χ3v) is 1.48. The number of isocyanates is 1. The number of aliphatic imine (C=N–C) groups is 1. The first-order chi connectivity index (χ1) is 5.83. The van der Waals surface area contributed by atoms with E-state index in [0.717, 1.165) is 5.56 Å². The number of carbonyl (C=O) groups excluding carboxylic acids is 1. The van der Waals surface area contributed by atoms with Gasteiger partial charge in [0.05, 0.1) is 0 Å². The zero-order valence-corrected chi connectivity index (χ0v) is 6.95. The lowest BCUT2D eigenvalue weighted by atomic mass is 10.2. The second-order valence-electron chi connectivity index (χ2n) is 2.09. The molecule has 0 radical (unpaired) electrons. The summed E-state index contributed by atoms with van der Waals surface area (Å²) in [5, 5.41) is 0.659. The van der Waals surface area contributed by atoms with Gasteiger partial charge in [-0.15, -0.1) is 0 Å². The zero-order chi connectivity index (χ0) is 8.81. The van der Waals surface area contributed by atoms with E-state index in [2.05, 4.69) is 4.99 Å². The maximum Gasteiger partial charge on any atom is 0.239 e. The molecule has 0 fully saturated rings. The molecule has 0 N–H and O–H groups in total. The maximum absolute atomic E-state index is 9.69. The highest BCUT2D eigenvalue weighted by Crippen LogP contribution is 2.11. The molecular formula is C9H6ClNO. The third-order valence-electron chi connectivity index (χ3n) is 1.24. The topological polar surface area (TPSA) is 29.4 Å². The highest BCUT2D eigenvalue weighted by Gasteiger charge is 1.86. The van der Waals surface area contributed by atoms with E-state index in [-0.39, 0.29) is 0 Å². The molecule has 1 aromatic carbocycles. The molecule has 0 heterocycles. The highest BCUT2D eigenvalue weighted by molar-refractivity contribution is 6.30. The summed E-state index contributed by atoms with van der Waals surface area (Å²) in [6.07, 6.45) is 4.46. The van der Waals surface area contributed by atoms with E-state index < -0.39 is 0 Å². The summed E-state index contributed by atoms with van der Waals surface area (Å²) in [5.41, 5.74) is 0.904. The van der Waals surface area contributed by atoms with Crippen molar-refractivity contribution in [3.63, 3.8) is 0 Å². The van der Waals surface area contributed by atoms with Crippen LogP contribution in [0.3, 0.4) is 0 Å². The van der Waals surface area contributed by atoms with Crippen molar-refractivity contribution >= 4 is 23.8 Å². The van der Waals surface area contributed by atoms with Crippen LogP contribution in [0.5, 0.6) is 0 Å². The first-order valence-electron chi connectivity index (χ1n) is 3.32. The van der Waals surface area contributed by atoms with Crippen LogP contribution in [0.4, 0.5) is 0 Å². The lowest BCUT2D eigenvalue weighted by molar-refractivity contribution is 0.565. The molecule has 1 rings (SSSR count). The summed E-state index contributed by atoms with van der Waals surface area (Å²) in [5.74, 6) is 0. The number of halogens is 1. The smallest absolute Gasteiger partial charge is 0.211 e. The van der Waals surface area contributed by atoms with Crippen LogP contribution in [-0.2, 0) is 4.79 Å². The fraction of sp³-hybridized carbons (Fsp3) is 0. The molecule has 3 heteroatoms. The Bertz CT molecular complexity index is 340. The zero-order valence-electron chi connectivity index (χ0n) is 6.20. The molecule has 0 aliphatic rings. The molecule has 0 atom stereocenters. The molecule has 0 bridgehead atoms. The van der Waals surface area contributed by atoms with Gasteiger partial charge in [0.25, 0.3) is 0 Å². The van der Waals surface area contributed by atoms with Crippen LogP contribution < -0.4 is 0 Å². The van der Waals surface area contributed by atoms with Gasteiger partial charge >= 0.3 is 0 Å². The highest BCUT2D eigenvalue weighted by atomic mass is 35.5. The Morgan fingerprint density at radius 1 is 1.50 bits per heavy atom. The van der Waals surface area contributed by atoms with Gasteiger partial charge in [-0.25, -0.2) is 4.79 Å². The molecule has 60 valence electrons. The van der Waals surface area contributed by atoms with Crippen molar-refractivity contribution in [1.82, 2.24) is 0 Å². The third kappa shape index (κ3) is 2.70. The largest absolute Gasteiger partial charge is 0.239 e. The van der Waals surface area contributed by atoms with E-state index in [1.165, 1.54) is 12.3 Å². The Kier molecular flexibility index (Phi) is 3.27. The van der Waals surface area contributed by atoms with Crippen molar-refractivity contribution < 1.29 is 4.79 Å². The van der Waals surface area contributed by atoms with Gasteiger partial charge in [0.15, 0.2) is 0 Å². The molecule has 0 saturated carbocycles. The van der Waals surface area contributed by atoms with Crippen LogP contribution >= 0.6 is 11.6 Å². The van der Waals surface area contributed by atoms with Crippen molar-refractivity contribution in [3.05, 3.63) is 41.1 Å². The van der Waals surface area contributed by atoms with Gasteiger partial charge in [-0.3, -0.25) is 0 Å². The lowest BCUT2D eigenvalue weighted by Crippen LogP contribution is -1.69. The van der Waals surface area contributed by atoms with Crippen LogP contribution in [0.15, 0.2) is 35.5 Å². The van der Waals surface area contributed by atoms with E-state index in [1.54, 1.807) is 18.2 Å². The molecular weight excluding hydrogens is 174 g/mol. The average molecular weight is 180 g/mol. The molecule has 0 saturated heterocycles. The van der Waals surface area contributed by atoms with Gasteiger partial charge in [-0.05, 0) is 23.8 Å². The number of hydrogen-bond acceptors (Lipinski definition) is 2. The quantitative estimate of drug-likeness (QED) is 0.507. The van der Waals surface area contributed by atoms with Gasteiger partial charge in [0.2, 0.25) is 6.08 Å². The Morgan fingerprint density at radius 2 is 2.33 bits per heavy atom. The van der Waals surface area contributed by atoms with Crippen molar-refractivity contribution in [3.8, 4) is 0 Å². The minimum absolute atomic E-state index is 0.659. The van der Waals surface area contributed by atoms with E-state index in [0.29, 0.717) is 5.02 Å². The Hall–Kier alpha value is -1.37. The average Bonchev–Trinajstić information content (AvgIpc) is 2.05. The standard InChI is InChI=1S/C9H6ClNO/c10-9-3-1-2-8(6-9)4-5-11-7-12/h1-6H/b5-4+. The molecule has 0 spiro atoms. The van der Waals surface area contributed by atoms with Crippen molar-refractivity contribution in [2.24, 2.45) is 4.99 Å². The normalized spacial score (nSPS) is 9.75. The maximum atomic E-state index is 9.69. The predicted molar refractivity (Wildman–Crippen MR) is 48.6 cm³/mol. The van der Waals surface area contributed by atoms with Gasteiger partial charge in [0, 0.05) is 11.2 Å². The van der Waals surface area contributed by atoms with Crippen molar-refractivity contribution in [2.45, 2.75) is 0 Å². The fourth-order valence-corrected chi connectivity index (χ4v) is 0.963. The summed E-state index contributed by atoms with van der Waals surface area (Å²) < 4.78 is 0. The number of hydrogen-bond donors (Lipinski definition) is 0. The Morgan fingerprint density at radius 3 is 3.00 bits per heavy atom. The lowest BCUT2D eigenvalue weighted by Gasteiger charge is -1.91. The Balaban J connectivity index is 2.82. The number of benzene rings is 1. The predicted octanol–water partition coefficient (Wildman–Crippen LogP) is 2.65. The van der Waals surface area contributed by atoms with E-state index in [4.69, 9.17) is 11.6 Å². The second-order valence-corrected chi connectivity index (χ2v) is 2.53. The Labute approximate surface area is 75.2 Å². The second kappa shape index (κ2) is 4.50. The SMILES string of the molecule is O=C=N/C=C/c1cccc(Cl)c1. The van der Waals surface area contributed by atoms with E-state index >= 15 is 0 Å². The summed E-state index contributed by atoms with van der Waals surface area (Å²) in [6, 6.07) is 7.25. The number of rotatable bonds is 2. The molecule has 0 aliphatic carbocycles. The van der Waals surface area contributed by atoms with E-state index in [9.17, 15) is 4.79 Å². The minimum Gasteiger partial charge on any atom is -0.211 e. The van der Waals surface area contributed by atoms with Crippen LogP contribution in [-0.4, -0.2) is 6.08 Å². The summed E-state index contributed by atoms with van der Waals surface area (Å²) in [6.45, 7) is 0. The van der Waals surface area contributed by atoms with Gasteiger partial charge in [0.1, 0.15) is 0 Å². The van der Waals surface area contributed by atoms with Crippen molar-refractivity contribution in [1.29, 1.82) is 0 Å².